The number of hydrogen-bond acceptors (Lipinski definition) is 12. The topological polar surface area (TPSA) is 155 Å². The number of rotatable bonds is 13. The predicted molar refractivity (Wildman–Crippen MR) is 466 cm³/mol. The number of benzene rings is 16. The Morgan fingerprint density at radius 2 is 0.289 bits per heavy atom. The maximum Gasteiger partial charge on any atom is 0.226 e. The van der Waals surface area contributed by atoms with Gasteiger partial charge in [0, 0.05) is 65.7 Å². The van der Waals surface area contributed by atoms with Gasteiger partial charge in [-0.2, -0.15) is 9.97 Å². The summed E-state index contributed by atoms with van der Waals surface area (Å²) in [5, 5.41) is 9.18. The van der Waals surface area contributed by atoms with Gasteiger partial charge in [-0.25, -0.2) is 49.8 Å². The summed E-state index contributed by atoms with van der Waals surface area (Å²) in [4.78, 5) is 57.7. The second-order valence-corrected chi connectivity index (χ2v) is 28.1. The van der Waals surface area contributed by atoms with E-state index in [4.69, 9.17) is 56.5 Å². The monoisotopic (exact) mass is 1550 g/mol. The van der Waals surface area contributed by atoms with E-state index in [0.29, 0.717) is 64.1 Å². The Morgan fingerprint density at radius 3 is 0.509 bits per heavy atom. The van der Waals surface area contributed by atoms with E-state index in [1.54, 1.807) is 0 Å². The average Bonchev–Trinajstić information content (AvgIpc) is 0.756. The van der Waals surface area contributed by atoms with Gasteiger partial charge in [0.2, 0.25) is 5.28 Å². The third-order valence-corrected chi connectivity index (χ3v) is 20.6. The summed E-state index contributed by atoms with van der Waals surface area (Å²) in [5.74, 6) is 6.92. The molecule has 0 atom stereocenters. The normalized spacial score (nSPS) is 11.1. The lowest BCUT2D eigenvalue weighted by atomic mass is 9.90. The Balaban J connectivity index is 0.000000134. The molecule has 0 aliphatic rings. The van der Waals surface area contributed by atoms with Gasteiger partial charge in [0.05, 0.1) is 0 Å². The molecule has 14 heteroatoms. The van der Waals surface area contributed by atoms with Crippen LogP contribution in [0.3, 0.4) is 0 Å². The quantitative estimate of drug-likeness (QED) is 0.108. The smallest absolute Gasteiger partial charge is 0.208 e. The van der Waals surface area contributed by atoms with Crippen LogP contribution in [-0.2, 0) is 0 Å². The molecule has 20 rings (SSSR count). The summed E-state index contributed by atoms with van der Waals surface area (Å²) in [6.45, 7) is 0. The Morgan fingerprint density at radius 1 is 0.140 bits per heavy atom. The Kier molecular flexibility index (Phi) is 20.3. The fourth-order valence-electron chi connectivity index (χ4n) is 14.3. The molecular formula is C100H64BrClN12. The molecule has 0 unspecified atom stereocenters. The Bertz CT molecular complexity index is 6420. The largest absolute Gasteiger partial charge is 0.226 e. The summed E-state index contributed by atoms with van der Waals surface area (Å²) in [6.07, 6.45) is 0. The van der Waals surface area contributed by atoms with Gasteiger partial charge in [0.25, 0.3) is 0 Å². The van der Waals surface area contributed by atoms with Gasteiger partial charge in [-0.15, -0.1) is 0 Å². The van der Waals surface area contributed by atoms with Gasteiger partial charge in [0.1, 0.15) is 0 Å². The standard InChI is InChI=1S/C50H32N6.C35H22BrN3.C15H10ClN3/c1-5-17-33(18-6-1)45-51-46(34-19-7-2-8-20-34)54-49(53-45)43-31-29-41(37-25-13-15-27-39(37)43)42-30-32-44(40-28-16-14-26-38(40)42)50-55-47(35-21-9-3-10-22-35)52-48(56-50)36-23-11-4-12-24-36;36-32-22-21-29(26-16-9-10-18-30(26)32)28-19-20-31(27-17-8-7-15-25(27)28)35-38-33(23-11-3-1-4-12-23)37-34(39-35)24-13-5-2-6-14-24;16-15-18-13(11-7-3-1-4-8-11)17-14(19-15)12-9-5-2-6-10-12/h1-32H;1-22H;1-10H. The lowest BCUT2D eigenvalue weighted by Crippen LogP contribution is -2.01. The zero-order valence-electron chi connectivity index (χ0n) is 61.1. The predicted octanol–water partition coefficient (Wildman–Crippen LogP) is 25.5. The van der Waals surface area contributed by atoms with Crippen molar-refractivity contribution < 1.29 is 0 Å². The number of fused-ring (bicyclic) bond motifs is 4. The van der Waals surface area contributed by atoms with Gasteiger partial charge in [-0.3, -0.25) is 0 Å². The molecule has 0 spiro atoms. The molecule has 0 N–H and O–H groups in total. The fourth-order valence-corrected chi connectivity index (χ4v) is 14.9. The molecule has 0 aliphatic heterocycles. The Labute approximate surface area is 671 Å². The summed E-state index contributed by atoms with van der Waals surface area (Å²) in [5.41, 5.74) is 15.0. The van der Waals surface area contributed by atoms with Gasteiger partial charge in [-0.1, -0.05) is 380 Å². The van der Waals surface area contributed by atoms with E-state index in [-0.39, 0.29) is 5.28 Å². The highest BCUT2D eigenvalue weighted by molar-refractivity contribution is 9.10. The van der Waals surface area contributed by atoms with E-state index in [1.807, 2.05) is 243 Å². The van der Waals surface area contributed by atoms with Crippen LogP contribution in [-0.4, -0.2) is 59.8 Å². The van der Waals surface area contributed by atoms with Crippen LogP contribution in [0.2, 0.25) is 5.28 Å². The van der Waals surface area contributed by atoms with Crippen LogP contribution < -0.4 is 0 Å². The van der Waals surface area contributed by atoms with Crippen LogP contribution in [0.5, 0.6) is 0 Å². The molecule has 4 aromatic heterocycles. The van der Waals surface area contributed by atoms with Crippen molar-refractivity contribution in [1.29, 1.82) is 0 Å². The minimum atomic E-state index is 0.202. The molecule has 12 nitrogen and oxygen atoms in total. The number of nitrogens with zero attached hydrogens (tertiary/aromatic N) is 12. The molecule has 0 saturated carbocycles. The van der Waals surface area contributed by atoms with Crippen molar-refractivity contribution in [3.63, 3.8) is 0 Å². The number of halogens is 2. The molecular weight excluding hydrogens is 1480 g/mol. The van der Waals surface area contributed by atoms with E-state index in [0.717, 1.165) is 109 Å². The summed E-state index contributed by atoms with van der Waals surface area (Å²) >= 11 is 9.71. The highest BCUT2D eigenvalue weighted by atomic mass is 79.9. The molecule has 0 fully saturated rings. The van der Waals surface area contributed by atoms with Crippen molar-refractivity contribution in [2.75, 3.05) is 0 Å². The van der Waals surface area contributed by atoms with Crippen molar-refractivity contribution in [1.82, 2.24) is 59.8 Å². The first-order valence-electron chi connectivity index (χ1n) is 37.2. The van der Waals surface area contributed by atoms with Crippen molar-refractivity contribution in [3.8, 4) is 148 Å². The van der Waals surface area contributed by atoms with Crippen LogP contribution in [0.25, 0.3) is 191 Å². The van der Waals surface area contributed by atoms with Gasteiger partial charge in [-0.05, 0) is 101 Å². The third kappa shape index (κ3) is 15.0. The van der Waals surface area contributed by atoms with E-state index in [1.165, 1.54) is 21.9 Å². The maximum absolute atomic E-state index is 5.99. The molecule has 4 heterocycles. The highest BCUT2D eigenvalue weighted by Crippen LogP contribution is 2.43. The third-order valence-electron chi connectivity index (χ3n) is 19.7. The molecule has 16 aromatic carbocycles. The number of aromatic nitrogens is 12. The first-order valence-corrected chi connectivity index (χ1v) is 38.4. The molecule has 114 heavy (non-hydrogen) atoms. The van der Waals surface area contributed by atoms with Crippen molar-refractivity contribution in [2.24, 2.45) is 0 Å². The zero-order valence-corrected chi connectivity index (χ0v) is 63.4. The van der Waals surface area contributed by atoms with E-state index in [2.05, 4.69) is 176 Å². The van der Waals surface area contributed by atoms with Gasteiger partial charge >= 0.3 is 0 Å². The lowest BCUT2D eigenvalue weighted by molar-refractivity contribution is 1.07. The molecule has 0 amide bonds. The summed E-state index contributed by atoms with van der Waals surface area (Å²) in [6, 6.07) is 131. The minimum absolute atomic E-state index is 0.202. The van der Waals surface area contributed by atoms with Gasteiger partial charge in [0.15, 0.2) is 64.1 Å². The summed E-state index contributed by atoms with van der Waals surface area (Å²) in [7, 11) is 0. The second kappa shape index (κ2) is 32.5. The van der Waals surface area contributed by atoms with E-state index >= 15 is 0 Å². The Hall–Kier alpha value is -14.6. The van der Waals surface area contributed by atoms with Gasteiger partial charge < -0.3 is 0 Å². The maximum atomic E-state index is 5.99. The van der Waals surface area contributed by atoms with Crippen LogP contribution >= 0.6 is 27.5 Å². The van der Waals surface area contributed by atoms with Crippen molar-refractivity contribution in [3.05, 3.63) is 398 Å². The molecule has 20 aromatic rings. The highest BCUT2D eigenvalue weighted by Gasteiger charge is 2.22. The molecule has 0 radical (unpaired) electrons. The van der Waals surface area contributed by atoms with Crippen LogP contribution in [0.15, 0.2) is 393 Å². The average molecular weight is 1550 g/mol. The summed E-state index contributed by atoms with van der Waals surface area (Å²) < 4.78 is 1.09. The number of hydrogen-bond donors (Lipinski definition) is 0. The first-order chi connectivity index (χ1) is 56.3. The zero-order chi connectivity index (χ0) is 76.5. The van der Waals surface area contributed by atoms with Crippen molar-refractivity contribution in [2.45, 2.75) is 0 Å². The van der Waals surface area contributed by atoms with E-state index in [9.17, 15) is 0 Å². The van der Waals surface area contributed by atoms with Crippen LogP contribution in [0.4, 0.5) is 0 Å². The van der Waals surface area contributed by atoms with Crippen molar-refractivity contribution >= 4 is 70.6 Å². The fraction of sp³-hybridized carbons (Fsp3) is 0. The van der Waals surface area contributed by atoms with Crippen LogP contribution in [0.1, 0.15) is 0 Å². The lowest BCUT2D eigenvalue weighted by Gasteiger charge is -2.16. The van der Waals surface area contributed by atoms with E-state index < -0.39 is 0 Å². The molecule has 0 saturated heterocycles. The SMILES string of the molecule is Brc1ccc(-c2ccc(-c3nc(-c4ccccc4)nc(-c4ccccc4)n3)c3ccccc23)c2ccccc12.Clc1nc(-c2ccccc2)nc(-c2ccccc2)n1.c1ccc(-c2nc(-c3ccccc3)nc(-c3ccc(-c4ccc(-c5nc(-c6ccccc6)nc(-c6ccccc6)n5)c5ccccc45)c4ccccc34)n2)cc1. The van der Waals surface area contributed by atoms with Crippen LogP contribution in [0, 0.1) is 0 Å². The second-order valence-electron chi connectivity index (χ2n) is 26.9. The first kappa shape index (κ1) is 71.0. The molecule has 0 aliphatic carbocycles. The molecule has 0 bridgehead atoms. The molecule has 538 valence electrons. The minimum Gasteiger partial charge on any atom is -0.208 e.